The van der Waals surface area contributed by atoms with E-state index < -0.39 is 11.9 Å². The molecule has 0 aliphatic heterocycles. The number of phenols is 1. The summed E-state index contributed by atoms with van der Waals surface area (Å²) in [4.78, 5) is 12.3. The number of anilines is 1. The number of benzene rings is 2. The summed E-state index contributed by atoms with van der Waals surface area (Å²) in [6.07, 6.45) is -0.535. The number of ether oxygens (including phenoxy) is 1. The second-order valence-electron chi connectivity index (χ2n) is 6.88. The molecule has 0 bridgehead atoms. The molecular weight excluding hydrogens is 407 g/mol. The molecule has 3 rings (SSSR count). The zero-order valence-corrected chi connectivity index (χ0v) is 17.7. The third kappa shape index (κ3) is 5.29. The van der Waals surface area contributed by atoms with Gasteiger partial charge >= 0.3 is 0 Å². The molecule has 30 heavy (non-hydrogen) atoms. The number of para-hydroxylation sites is 1. The van der Waals surface area contributed by atoms with Gasteiger partial charge in [-0.3, -0.25) is 4.79 Å². The first-order valence-corrected chi connectivity index (χ1v) is 10.4. The van der Waals surface area contributed by atoms with Crippen LogP contribution in [-0.2, 0) is 4.79 Å². The number of hydrogen-bond donors (Lipinski definition) is 2. The predicted molar refractivity (Wildman–Crippen MR) is 113 cm³/mol. The molecule has 2 N–H and O–H groups in total. The number of phenolic OH excluding ortho intramolecular Hbond substituents is 1. The number of halogens is 1. The Morgan fingerprint density at radius 2 is 1.97 bits per heavy atom. The Kier molecular flexibility index (Phi) is 6.94. The Bertz CT molecular complexity index is 1020. The lowest BCUT2D eigenvalue weighted by Gasteiger charge is -2.19. The van der Waals surface area contributed by atoms with Crippen LogP contribution in [0.1, 0.15) is 38.7 Å². The molecule has 1 amide bonds. The van der Waals surface area contributed by atoms with E-state index in [0.29, 0.717) is 16.7 Å². The van der Waals surface area contributed by atoms with Gasteiger partial charge in [-0.2, -0.15) is 0 Å². The zero-order valence-electron chi connectivity index (χ0n) is 16.9. The van der Waals surface area contributed by atoms with Crippen molar-refractivity contribution in [1.82, 2.24) is 14.8 Å². The summed E-state index contributed by atoms with van der Waals surface area (Å²) in [5.74, 6) is 0.197. The monoisotopic (exact) mass is 430 g/mol. The molecule has 7 nitrogen and oxygen atoms in total. The first-order valence-electron chi connectivity index (χ1n) is 9.42. The van der Waals surface area contributed by atoms with Gasteiger partial charge in [-0.05, 0) is 45.0 Å². The van der Waals surface area contributed by atoms with Crippen molar-refractivity contribution in [3.63, 3.8) is 0 Å². The van der Waals surface area contributed by atoms with Gasteiger partial charge in [0.15, 0.2) is 28.7 Å². The van der Waals surface area contributed by atoms with Gasteiger partial charge in [0.25, 0.3) is 0 Å². The highest BCUT2D eigenvalue weighted by Gasteiger charge is 2.22. The predicted octanol–water partition coefficient (Wildman–Crippen LogP) is 4.57. The molecule has 1 aromatic heterocycles. The smallest absolute Gasteiger partial charge is 0.234 e. The van der Waals surface area contributed by atoms with Gasteiger partial charge in [-0.15, -0.1) is 10.2 Å². The summed E-state index contributed by atoms with van der Waals surface area (Å²) >= 11 is 1.24. The zero-order chi connectivity index (χ0) is 21.7. The number of aromatic hydroxyl groups is 1. The lowest BCUT2D eigenvalue weighted by atomic mass is 10.3. The molecule has 0 radical (unpaired) electrons. The van der Waals surface area contributed by atoms with E-state index in [1.165, 1.54) is 30.0 Å². The Morgan fingerprint density at radius 3 is 2.67 bits per heavy atom. The van der Waals surface area contributed by atoms with E-state index in [9.17, 15) is 14.3 Å². The molecule has 0 fully saturated rings. The van der Waals surface area contributed by atoms with Gasteiger partial charge in [-0.25, -0.2) is 4.39 Å². The van der Waals surface area contributed by atoms with Crippen molar-refractivity contribution >= 4 is 23.4 Å². The lowest BCUT2D eigenvalue weighted by molar-refractivity contribution is -0.113. The van der Waals surface area contributed by atoms with E-state index in [1.807, 2.05) is 18.4 Å². The van der Waals surface area contributed by atoms with Crippen LogP contribution in [0.3, 0.4) is 0 Å². The van der Waals surface area contributed by atoms with Crippen LogP contribution in [0.2, 0.25) is 0 Å². The minimum absolute atomic E-state index is 0.0123. The summed E-state index contributed by atoms with van der Waals surface area (Å²) in [5, 5.41) is 21.2. The van der Waals surface area contributed by atoms with Crippen LogP contribution in [0.15, 0.2) is 53.7 Å². The average Bonchev–Trinajstić information content (AvgIpc) is 3.13. The van der Waals surface area contributed by atoms with Gasteiger partial charge in [0, 0.05) is 17.8 Å². The van der Waals surface area contributed by atoms with Gasteiger partial charge < -0.3 is 19.7 Å². The van der Waals surface area contributed by atoms with Crippen molar-refractivity contribution in [3.8, 4) is 11.5 Å². The molecule has 3 aromatic rings. The number of nitrogens with zero attached hydrogens (tertiary/aromatic N) is 3. The molecule has 0 aliphatic carbocycles. The van der Waals surface area contributed by atoms with E-state index >= 15 is 0 Å². The van der Waals surface area contributed by atoms with Gasteiger partial charge in [-0.1, -0.05) is 30.0 Å². The van der Waals surface area contributed by atoms with E-state index in [2.05, 4.69) is 15.5 Å². The van der Waals surface area contributed by atoms with Crippen LogP contribution in [0.5, 0.6) is 11.5 Å². The third-order valence-electron chi connectivity index (χ3n) is 4.17. The molecule has 0 aliphatic rings. The molecule has 1 heterocycles. The van der Waals surface area contributed by atoms with Crippen LogP contribution in [-0.4, -0.2) is 31.5 Å². The number of aromatic nitrogens is 3. The second-order valence-corrected chi connectivity index (χ2v) is 7.82. The van der Waals surface area contributed by atoms with E-state index in [0.717, 1.165) is 0 Å². The fraction of sp³-hybridized carbons (Fsp3) is 0.286. The fourth-order valence-electron chi connectivity index (χ4n) is 2.84. The molecular formula is C21H23FN4O3S. The summed E-state index contributed by atoms with van der Waals surface area (Å²) in [5.41, 5.74) is 0.513. The molecule has 0 saturated heterocycles. The van der Waals surface area contributed by atoms with Crippen molar-refractivity contribution in [2.45, 2.75) is 38.1 Å². The summed E-state index contributed by atoms with van der Waals surface area (Å²) < 4.78 is 21.5. The first kappa shape index (κ1) is 21.6. The van der Waals surface area contributed by atoms with Crippen molar-refractivity contribution in [2.24, 2.45) is 0 Å². The standard InChI is InChI=1S/C21H23FN4O3S/c1-13(2)26-20(14(3)29-18-10-5-4-9-17(18)22)24-25-21(26)30-12-19(28)23-15-7-6-8-16(27)11-15/h4-11,13-14,27H,12H2,1-3H3,(H,23,28). The maximum atomic E-state index is 13.9. The van der Waals surface area contributed by atoms with Crippen molar-refractivity contribution in [1.29, 1.82) is 0 Å². The van der Waals surface area contributed by atoms with Crippen molar-refractivity contribution in [2.75, 3.05) is 11.1 Å². The van der Waals surface area contributed by atoms with Crippen molar-refractivity contribution < 1.29 is 19.0 Å². The Balaban J connectivity index is 1.69. The molecule has 158 valence electrons. The number of nitrogens with one attached hydrogen (secondary N) is 1. The maximum absolute atomic E-state index is 13.9. The second kappa shape index (κ2) is 9.62. The Labute approximate surface area is 178 Å². The van der Waals surface area contributed by atoms with E-state index in [4.69, 9.17) is 4.74 Å². The normalized spacial score (nSPS) is 12.0. The van der Waals surface area contributed by atoms with E-state index in [-0.39, 0.29) is 29.2 Å². The number of rotatable bonds is 8. The number of carbonyl (C=O) groups excluding carboxylic acids is 1. The summed E-state index contributed by atoms with van der Waals surface area (Å²) in [6.45, 7) is 5.72. The number of hydrogen-bond acceptors (Lipinski definition) is 6. The molecule has 2 aromatic carbocycles. The van der Waals surface area contributed by atoms with Gasteiger partial charge in [0.05, 0.1) is 5.75 Å². The largest absolute Gasteiger partial charge is 0.508 e. The molecule has 0 saturated carbocycles. The van der Waals surface area contributed by atoms with E-state index in [1.54, 1.807) is 37.3 Å². The lowest BCUT2D eigenvalue weighted by Crippen LogP contribution is -2.16. The minimum Gasteiger partial charge on any atom is -0.508 e. The minimum atomic E-state index is -0.535. The number of amides is 1. The average molecular weight is 431 g/mol. The summed E-state index contributed by atoms with van der Waals surface area (Å²) in [7, 11) is 0. The SMILES string of the molecule is CC(Oc1ccccc1F)c1nnc(SCC(=O)Nc2cccc(O)c2)n1C(C)C. The molecule has 1 atom stereocenters. The molecule has 1 unspecified atom stereocenters. The van der Waals surface area contributed by atoms with Crippen LogP contribution in [0.25, 0.3) is 0 Å². The number of carbonyl (C=O) groups is 1. The first-order chi connectivity index (χ1) is 14.3. The van der Waals surface area contributed by atoms with Crippen LogP contribution >= 0.6 is 11.8 Å². The third-order valence-corrected chi connectivity index (χ3v) is 5.12. The highest BCUT2D eigenvalue weighted by Crippen LogP contribution is 2.28. The summed E-state index contributed by atoms with van der Waals surface area (Å²) in [6, 6.07) is 12.5. The fourth-order valence-corrected chi connectivity index (χ4v) is 3.72. The topological polar surface area (TPSA) is 89.3 Å². The Hall–Kier alpha value is -3.07. The van der Waals surface area contributed by atoms with Gasteiger partial charge in [0.1, 0.15) is 5.75 Å². The van der Waals surface area contributed by atoms with Crippen LogP contribution in [0.4, 0.5) is 10.1 Å². The Morgan fingerprint density at radius 1 is 1.20 bits per heavy atom. The van der Waals surface area contributed by atoms with Gasteiger partial charge in [0.2, 0.25) is 5.91 Å². The highest BCUT2D eigenvalue weighted by atomic mass is 32.2. The quantitative estimate of drug-likeness (QED) is 0.509. The maximum Gasteiger partial charge on any atom is 0.234 e. The molecule has 0 spiro atoms. The molecule has 9 heteroatoms. The highest BCUT2D eigenvalue weighted by molar-refractivity contribution is 7.99. The van der Waals surface area contributed by atoms with Crippen molar-refractivity contribution in [3.05, 3.63) is 60.2 Å². The van der Waals surface area contributed by atoms with Crippen LogP contribution < -0.4 is 10.1 Å². The van der Waals surface area contributed by atoms with Crippen LogP contribution in [0, 0.1) is 5.82 Å². The number of thioether (sulfide) groups is 1.